The van der Waals surface area contributed by atoms with Crippen molar-refractivity contribution < 1.29 is 10.0 Å². The molecule has 8 heteroatoms. The van der Waals surface area contributed by atoms with Crippen LogP contribution in [0.5, 0.6) is 0 Å². The Hall–Kier alpha value is -1.96. The minimum Gasteiger partial charge on any atom is -0.394 e. The molecule has 0 saturated carbocycles. The number of nitrogens with one attached hydrogen (secondary N) is 2. The molecule has 0 saturated heterocycles. The molecular weight excluding hydrogens is 238 g/mol. The fourth-order valence-electron chi connectivity index (χ4n) is 1.25. The van der Waals surface area contributed by atoms with Crippen molar-refractivity contribution in [2.24, 2.45) is 0 Å². The largest absolute Gasteiger partial charge is 0.394 e. The van der Waals surface area contributed by atoms with E-state index in [1.807, 2.05) is 6.92 Å². The Morgan fingerprint density at radius 3 is 2.72 bits per heavy atom. The van der Waals surface area contributed by atoms with Gasteiger partial charge in [0.05, 0.1) is 17.1 Å². The Labute approximate surface area is 105 Å². The molecule has 1 unspecified atom stereocenters. The van der Waals surface area contributed by atoms with Gasteiger partial charge in [-0.25, -0.2) is 4.98 Å². The summed E-state index contributed by atoms with van der Waals surface area (Å²) >= 11 is 0. The quantitative estimate of drug-likeness (QED) is 0.513. The van der Waals surface area contributed by atoms with Gasteiger partial charge in [0.2, 0.25) is 11.8 Å². The lowest BCUT2D eigenvalue weighted by atomic mass is 10.0. The number of aliphatic hydroxyl groups excluding tert-OH is 1. The van der Waals surface area contributed by atoms with Crippen LogP contribution in [-0.2, 0) is 0 Å². The number of nitrogens with zero attached hydrogens (tertiary/aromatic N) is 3. The van der Waals surface area contributed by atoms with Crippen LogP contribution in [0.15, 0.2) is 6.20 Å². The summed E-state index contributed by atoms with van der Waals surface area (Å²) in [5, 5.41) is 25.8. The topological polar surface area (TPSA) is 113 Å². The zero-order valence-electron chi connectivity index (χ0n) is 10.6. The van der Waals surface area contributed by atoms with Crippen LogP contribution >= 0.6 is 0 Å². The second kappa shape index (κ2) is 5.58. The average Bonchev–Trinajstić information content (AvgIpc) is 2.38. The number of nitro groups is 1. The van der Waals surface area contributed by atoms with E-state index in [0.29, 0.717) is 6.42 Å². The molecule has 0 spiro atoms. The Bertz CT molecular complexity index is 434. The second-order valence-corrected chi connectivity index (χ2v) is 4.13. The third-order valence-corrected chi connectivity index (χ3v) is 2.74. The zero-order chi connectivity index (χ0) is 13.8. The second-order valence-electron chi connectivity index (χ2n) is 4.13. The molecule has 0 aliphatic heterocycles. The SMILES string of the molecule is CCC(C)(CO)Nc1nc(NC)ncc1[N+](=O)[O-]. The maximum atomic E-state index is 10.9. The van der Waals surface area contributed by atoms with Crippen molar-refractivity contribution in [3.63, 3.8) is 0 Å². The van der Waals surface area contributed by atoms with Gasteiger partial charge in [-0.2, -0.15) is 4.98 Å². The van der Waals surface area contributed by atoms with E-state index in [9.17, 15) is 15.2 Å². The number of aromatic nitrogens is 2. The predicted octanol–water partition coefficient (Wildman–Crippen LogP) is 0.999. The van der Waals surface area contributed by atoms with Gasteiger partial charge in [-0.3, -0.25) is 10.1 Å². The highest BCUT2D eigenvalue weighted by atomic mass is 16.6. The van der Waals surface area contributed by atoms with Gasteiger partial charge in [-0.15, -0.1) is 0 Å². The maximum Gasteiger partial charge on any atom is 0.329 e. The molecule has 1 aromatic rings. The number of anilines is 2. The zero-order valence-corrected chi connectivity index (χ0v) is 10.6. The summed E-state index contributed by atoms with van der Waals surface area (Å²) in [4.78, 5) is 18.1. The van der Waals surface area contributed by atoms with Gasteiger partial charge in [0, 0.05) is 7.05 Å². The van der Waals surface area contributed by atoms with E-state index in [1.54, 1.807) is 14.0 Å². The van der Waals surface area contributed by atoms with Crippen molar-refractivity contribution in [3.8, 4) is 0 Å². The molecule has 100 valence electrons. The standard InChI is InChI=1S/C10H17N5O3/c1-4-10(2,6-16)14-8-7(15(17)18)5-12-9(11-3)13-8/h5,16H,4,6H2,1-3H3,(H2,11,12,13,14). The van der Waals surface area contributed by atoms with Gasteiger partial charge >= 0.3 is 5.69 Å². The van der Waals surface area contributed by atoms with Crippen molar-refractivity contribution in [1.29, 1.82) is 0 Å². The van der Waals surface area contributed by atoms with Crippen molar-refractivity contribution in [1.82, 2.24) is 9.97 Å². The molecule has 0 aliphatic carbocycles. The van der Waals surface area contributed by atoms with Crippen molar-refractivity contribution in [3.05, 3.63) is 16.3 Å². The van der Waals surface area contributed by atoms with Crippen LogP contribution in [0.3, 0.4) is 0 Å². The number of hydrogen-bond donors (Lipinski definition) is 3. The summed E-state index contributed by atoms with van der Waals surface area (Å²) in [5.74, 6) is 0.372. The minimum absolute atomic E-state index is 0.0951. The third kappa shape index (κ3) is 3.04. The van der Waals surface area contributed by atoms with Crippen LogP contribution in [-0.4, -0.2) is 39.2 Å². The average molecular weight is 255 g/mol. The fourth-order valence-corrected chi connectivity index (χ4v) is 1.25. The van der Waals surface area contributed by atoms with E-state index in [4.69, 9.17) is 0 Å². The van der Waals surface area contributed by atoms with Crippen molar-refractivity contribution >= 4 is 17.5 Å². The Balaban J connectivity index is 3.15. The highest BCUT2D eigenvalue weighted by molar-refractivity contribution is 5.58. The summed E-state index contributed by atoms with van der Waals surface area (Å²) in [6.45, 7) is 3.48. The predicted molar refractivity (Wildman–Crippen MR) is 67.6 cm³/mol. The number of aliphatic hydroxyl groups is 1. The number of rotatable bonds is 6. The first-order chi connectivity index (χ1) is 8.45. The van der Waals surface area contributed by atoms with Crippen LogP contribution in [0.2, 0.25) is 0 Å². The molecule has 1 rings (SSSR count). The highest BCUT2D eigenvalue weighted by Crippen LogP contribution is 2.26. The van der Waals surface area contributed by atoms with Gasteiger partial charge in [0.25, 0.3) is 0 Å². The Morgan fingerprint density at radius 2 is 2.28 bits per heavy atom. The van der Waals surface area contributed by atoms with Crippen LogP contribution < -0.4 is 10.6 Å². The summed E-state index contributed by atoms with van der Waals surface area (Å²) in [5.41, 5.74) is -0.883. The molecule has 0 bridgehead atoms. The molecule has 0 fully saturated rings. The van der Waals surface area contributed by atoms with Crippen LogP contribution in [0.1, 0.15) is 20.3 Å². The van der Waals surface area contributed by atoms with Crippen molar-refractivity contribution in [2.75, 3.05) is 24.3 Å². The molecule has 1 heterocycles. The lowest BCUT2D eigenvalue weighted by Crippen LogP contribution is -2.38. The summed E-state index contributed by atoms with van der Waals surface area (Å²) in [7, 11) is 1.62. The highest BCUT2D eigenvalue weighted by Gasteiger charge is 2.26. The molecule has 0 radical (unpaired) electrons. The first-order valence-corrected chi connectivity index (χ1v) is 5.54. The summed E-state index contributed by atoms with van der Waals surface area (Å²) in [6.07, 6.45) is 1.73. The third-order valence-electron chi connectivity index (χ3n) is 2.74. The van der Waals surface area contributed by atoms with Gasteiger partial charge in [-0.05, 0) is 13.3 Å². The summed E-state index contributed by atoms with van der Waals surface area (Å²) in [6, 6.07) is 0. The molecule has 3 N–H and O–H groups in total. The van der Waals surface area contributed by atoms with Gasteiger partial charge in [0.15, 0.2) is 0 Å². The molecule has 1 atom stereocenters. The van der Waals surface area contributed by atoms with Gasteiger partial charge < -0.3 is 15.7 Å². The molecule has 18 heavy (non-hydrogen) atoms. The van der Waals surface area contributed by atoms with E-state index in [1.165, 1.54) is 0 Å². The smallest absolute Gasteiger partial charge is 0.329 e. The molecule has 0 amide bonds. The first-order valence-electron chi connectivity index (χ1n) is 5.54. The van der Waals surface area contributed by atoms with E-state index in [2.05, 4.69) is 20.6 Å². The Kier molecular flexibility index (Phi) is 4.38. The van der Waals surface area contributed by atoms with E-state index in [-0.39, 0.29) is 24.1 Å². The minimum atomic E-state index is -0.663. The van der Waals surface area contributed by atoms with Gasteiger partial charge in [0.1, 0.15) is 6.20 Å². The molecule has 1 aromatic heterocycles. The maximum absolute atomic E-state index is 10.9. The molecule has 0 aliphatic rings. The van der Waals surface area contributed by atoms with E-state index in [0.717, 1.165) is 6.20 Å². The molecule has 0 aromatic carbocycles. The van der Waals surface area contributed by atoms with Crippen molar-refractivity contribution in [2.45, 2.75) is 25.8 Å². The molecule has 8 nitrogen and oxygen atoms in total. The van der Waals surface area contributed by atoms with E-state index >= 15 is 0 Å². The summed E-state index contributed by atoms with van der Waals surface area (Å²) < 4.78 is 0. The number of hydrogen-bond acceptors (Lipinski definition) is 7. The normalized spacial score (nSPS) is 13.8. The van der Waals surface area contributed by atoms with Gasteiger partial charge in [-0.1, -0.05) is 6.92 Å². The van der Waals surface area contributed by atoms with Crippen LogP contribution in [0.25, 0.3) is 0 Å². The fraction of sp³-hybridized carbons (Fsp3) is 0.600. The van der Waals surface area contributed by atoms with Crippen LogP contribution in [0.4, 0.5) is 17.5 Å². The molecular formula is C10H17N5O3. The Morgan fingerprint density at radius 1 is 1.61 bits per heavy atom. The first kappa shape index (κ1) is 14.1. The van der Waals surface area contributed by atoms with E-state index < -0.39 is 10.5 Å². The lowest BCUT2D eigenvalue weighted by molar-refractivity contribution is -0.384. The van der Waals surface area contributed by atoms with Crippen LogP contribution in [0, 0.1) is 10.1 Å². The monoisotopic (exact) mass is 255 g/mol. The lowest BCUT2D eigenvalue weighted by Gasteiger charge is -2.27.